The zero-order chi connectivity index (χ0) is 14.9. The second kappa shape index (κ2) is 5.85. The molecule has 2 rings (SSSR count). The van der Waals surface area contributed by atoms with Crippen LogP contribution in [0.2, 0.25) is 0 Å². The Morgan fingerprint density at radius 1 is 1.15 bits per heavy atom. The van der Waals surface area contributed by atoms with E-state index in [2.05, 4.69) is 0 Å². The number of carbonyl (C=O) groups is 3. The molecule has 20 heavy (non-hydrogen) atoms. The number of hydrogen-bond donors (Lipinski definition) is 1. The van der Waals surface area contributed by atoms with Crippen LogP contribution in [0.1, 0.15) is 46.0 Å². The van der Waals surface area contributed by atoms with Crippen molar-refractivity contribution in [3.05, 3.63) is 0 Å². The fourth-order valence-corrected chi connectivity index (χ4v) is 4.77. The molecule has 0 bridgehead atoms. The summed E-state index contributed by atoms with van der Waals surface area (Å²) in [7, 11) is 0. The van der Waals surface area contributed by atoms with Crippen molar-refractivity contribution in [1.82, 2.24) is 0 Å². The molecule has 2 amide bonds. The fourth-order valence-electron chi connectivity index (χ4n) is 3.64. The van der Waals surface area contributed by atoms with Gasteiger partial charge in [0.2, 0.25) is 0 Å². The summed E-state index contributed by atoms with van der Waals surface area (Å²) in [6.45, 7) is 3.74. The standard InChI is InChI=1S/C14H21NO4S/c1-9-5-4-8-15(9,14(18)19)13(17)11-6-3-7-12(11)20-10(2)16/h9,11-12H,3-8H2,1-2H3/p+1/t9-,11?,12?,15?/m1/s1. The lowest BCUT2D eigenvalue weighted by molar-refractivity contribution is -0.794. The maximum atomic E-state index is 12.9. The number of rotatable bonds is 2. The summed E-state index contributed by atoms with van der Waals surface area (Å²) in [5, 5.41) is 9.58. The number of carbonyl (C=O) groups excluding carboxylic acids is 2. The van der Waals surface area contributed by atoms with Crippen LogP contribution in [-0.4, -0.2) is 44.5 Å². The van der Waals surface area contributed by atoms with Crippen LogP contribution in [0.25, 0.3) is 0 Å². The van der Waals surface area contributed by atoms with Crippen molar-refractivity contribution in [1.29, 1.82) is 0 Å². The first-order valence-electron chi connectivity index (χ1n) is 7.22. The summed E-state index contributed by atoms with van der Waals surface area (Å²) in [5.41, 5.74) is 0. The lowest BCUT2D eigenvalue weighted by Crippen LogP contribution is -2.61. The zero-order valence-electron chi connectivity index (χ0n) is 12.0. The maximum absolute atomic E-state index is 12.9. The second-order valence-electron chi connectivity index (χ2n) is 5.89. The molecule has 5 nitrogen and oxygen atoms in total. The Balaban J connectivity index is 2.24. The van der Waals surface area contributed by atoms with E-state index in [9.17, 15) is 19.5 Å². The highest BCUT2D eigenvalue weighted by Gasteiger charge is 2.56. The fraction of sp³-hybridized carbons (Fsp3) is 0.786. The zero-order valence-corrected chi connectivity index (χ0v) is 12.8. The van der Waals surface area contributed by atoms with Crippen molar-refractivity contribution in [2.75, 3.05) is 6.54 Å². The molecular formula is C14H22NO4S+. The highest BCUT2D eigenvalue weighted by molar-refractivity contribution is 8.14. The molecule has 3 unspecified atom stereocenters. The number of imide groups is 1. The smallest absolute Gasteiger partial charge is 0.435 e. The summed E-state index contributed by atoms with van der Waals surface area (Å²) < 4.78 is -0.431. The van der Waals surface area contributed by atoms with E-state index in [1.54, 1.807) is 0 Å². The summed E-state index contributed by atoms with van der Waals surface area (Å²) in [5.74, 6) is -0.473. The quantitative estimate of drug-likeness (QED) is 0.794. The molecular weight excluding hydrogens is 278 g/mol. The molecule has 1 N–H and O–H groups in total. The molecule has 1 saturated carbocycles. The van der Waals surface area contributed by atoms with Gasteiger partial charge in [0.05, 0.1) is 12.5 Å². The number of nitrogens with zero attached hydrogens (tertiary/aromatic N) is 1. The SMILES string of the molecule is CC(=O)SC1CCCC1C(=O)[N+]1(C(=O)O)CCC[C@H]1C. The Morgan fingerprint density at radius 3 is 2.35 bits per heavy atom. The molecule has 0 radical (unpaired) electrons. The van der Waals surface area contributed by atoms with Crippen molar-refractivity contribution in [3.63, 3.8) is 0 Å². The highest BCUT2D eigenvalue weighted by Crippen LogP contribution is 2.40. The summed E-state index contributed by atoms with van der Waals surface area (Å²) in [6, 6.07) is -0.163. The first-order chi connectivity index (χ1) is 9.39. The molecule has 112 valence electrons. The van der Waals surface area contributed by atoms with Gasteiger partial charge in [-0.05, 0) is 19.8 Å². The van der Waals surface area contributed by atoms with Crippen LogP contribution >= 0.6 is 11.8 Å². The number of amides is 2. The van der Waals surface area contributed by atoms with Crippen molar-refractivity contribution < 1.29 is 24.0 Å². The van der Waals surface area contributed by atoms with E-state index in [-0.39, 0.29) is 28.2 Å². The Kier molecular flexibility index (Phi) is 4.54. The molecule has 1 heterocycles. The topological polar surface area (TPSA) is 71.4 Å². The molecule has 1 aliphatic carbocycles. The van der Waals surface area contributed by atoms with E-state index in [1.807, 2.05) is 6.92 Å². The van der Waals surface area contributed by atoms with Gasteiger partial charge in [-0.15, -0.1) is 0 Å². The van der Waals surface area contributed by atoms with Crippen LogP contribution in [0.5, 0.6) is 0 Å². The van der Waals surface area contributed by atoms with Gasteiger partial charge in [-0.2, -0.15) is 9.28 Å². The van der Waals surface area contributed by atoms with Gasteiger partial charge in [0, 0.05) is 25.0 Å². The van der Waals surface area contributed by atoms with Gasteiger partial charge in [0.1, 0.15) is 6.04 Å². The van der Waals surface area contributed by atoms with Gasteiger partial charge in [-0.25, -0.2) is 4.79 Å². The molecule has 1 aliphatic heterocycles. The van der Waals surface area contributed by atoms with E-state index >= 15 is 0 Å². The number of thioether (sulfide) groups is 1. The molecule has 1 saturated heterocycles. The molecule has 6 heteroatoms. The average Bonchev–Trinajstić information content (AvgIpc) is 2.94. The average molecular weight is 300 g/mol. The Bertz CT molecular complexity index is 439. The van der Waals surface area contributed by atoms with Crippen LogP contribution in [0.4, 0.5) is 4.79 Å². The predicted molar refractivity (Wildman–Crippen MR) is 76.3 cm³/mol. The Morgan fingerprint density at radius 2 is 1.85 bits per heavy atom. The third-order valence-electron chi connectivity index (χ3n) is 4.71. The number of likely N-dealkylation sites (tertiary alicyclic amines) is 1. The normalized spacial score (nSPS) is 37.0. The number of quaternary nitrogens is 1. The number of hydrogen-bond acceptors (Lipinski definition) is 4. The molecule has 2 aliphatic rings. The van der Waals surface area contributed by atoms with Crippen LogP contribution in [-0.2, 0) is 9.59 Å². The van der Waals surface area contributed by atoms with Crippen molar-refractivity contribution in [2.24, 2.45) is 5.92 Å². The van der Waals surface area contributed by atoms with E-state index in [1.165, 1.54) is 18.7 Å². The van der Waals surface area contributed by atoms with Gasteiger partial charge >= 0.3 is 12.0 Å². The van der Waals surface area contributed by atoms with Crippen LogP contribution in [0.15, 0.2) is 0 Å². The van der Waals surface area contributed by atoms with Gasteiger partial charge in [0.15, 0.2) is 5.12 Å². The van der Waals surface area contributed by atoms with Crippen LogP contribution in [0, 0.1) is 5.92 Å². The first kappa shape index (κ1) is 15.5. The molecule has 0 aromatic rings. The first-order valence-corrected chi connectivity index (χ1v) is 8.10. The van der Waals surface area contributed by atoms with Crippen molar-refractivity contribution in [2.45, 2.75) is 57.2 Å². The van der Waals surface area contributed by atoms with E-state index in [4.69, 9.17) is 0 Å². The molecule has 0 spiro atoms. The summed E-state index contributed by atoms with van der Waals surface area (Å²) in [4.78, 5) is 35.9. The lowest BCUT2D eigenvalue weighted by atomic mass is 10.0. The van der Waals surface area contributed by atoms with Crippen molar-refractivity contribution >= 4 is 28.9 Å². The Labute approximate surface area is 123 Å². The highest BCUT2D eigenvalue weighted by atomic mass is 32.2. The summed E-state index contributed by atoms with van der Waals surface area (Å²) in [6.07, 6.45) is 2.96. The maximum Gasteiger partial charge on any atom is 0.521 e. The monoisotopic (exact) mass is 300 g/mol. The van der Waals surface area contributed by atoms with Gasteiger partial charge < -0.3 is 5.11 Å². The minimum atomic E-state index is -1.03. The molecule has 2 fully saturated rings. The predicted octanol–water partition coefficient (Wildman–Crippen LogP) is 2.64. The molecule has 0 aromatic heterocycles. The largest absolute Gasteiger partial charge is 0.521 e. The summed E-state index contributed by atoms with van der Waals surface area (Å²) >= 11 is 1.21. The molecule has 4 atom stereocenters. The number of carboxylic acid groups (broad SMARTS) is 1. The lowest BCUT2D eigenvalue weighted by Gasteiger charge is -2.33. The van der Waals surface area contributed by atoms with E-state index in [0.29, 0.717) is 13.0 Å². The van der Waals surface area contributed by atoms with Crippen molar-refractivity contribution in [3.8, 4) is 0 Å². The van der Waals surface area contributed by atoms with Gasteiger partial charge in [-0.1, -0.05) is 18.2 Å². The van der Waals surface area contributed by atoms with E-state index < -0.39 is 10.6 Å². The van der Waals surface area contributed by atoms with Crippen LogP contribution < -0.4 is 0 Å². The Hall–Kier alpha value is -0.880. The van der Waals surface area contributed by atoms with Gasteiger partial charge in [-0.3, -0.25) is 4.79 Å². The minimum Gasteiger partial charge on any atom is -0.435 e. The van der Waals surface area contributed by atoms with E-state index in [0.717, 1.165) is 25.7 Å². The third-order valence-corrected chi connectivity index (χ3v) is 5.91. The van der Waals surface area contributed by atoms with Gasteiger partial charge in [0.25, 0.3) is 0 Å². The van der Waals surface area contributed by atoms with Crippen LogP contribution in [0.3, 0.4) is 0 Å². The molecule has 0 aromatic carbocycles. The minimum absolute atomic E-state index is 0.00560. The third kappa shape index (κ3) is 2.51. The second-order valence-corrected chi connectivity index (χ2v) is 7.31.